The molecule has 0 saturated carbocycles. The van der Waals surface area contributed by atoms with Gasteiger partial charge in [0, 0.05) is 24.6 Å². The predicted octanol–water partition coefficient (Wildman–Crippen LogP) is 4.40. The van der Waals surface area contributed by atoms with E-state index in [9.17, 15) is 9.59 Å². The van der Waals surface area contributed by atoms with Crippen LogP contribution in [0.4, 0.5) is 11.4 Å². The van der Waals surface area contributed by atoms with Gasteiger partial charge in [-0.25, -0.2) is 0 Å². The van der Waals surface area contributed by atoms with E-state index < -0.39 is 0 Å². The lowest BCUT2D eigenvalue weighted by molar-refractivity contribution is 0.0988. The molecule has 2 aromatic carbocycles. The third-order valence-electron chi connectivity index (χ3n) is 4.31. The van der Waals surface area contributed by atoms with E-state index in [-0.39, 0.29) is 11.8 Å². The largest absolute Gasteiger partial charge is 0.492 e. The molecular weight excluding hydrogens is 366 g/mol. The van der Waals surface area contributed by atoms with Gasteiger partial charge in [-0.15, -0.1) is 0 Å². The molecule has 0 spiro atoms. The molecule has 0 aliphatic heterocycles. The summed E-state index contributed by atoms with van der Waals surface area (Å²) < 4.78 is 5.54. The molecule has 1 aromatic heterocycles. The van der Waals surface area contributed by atoms with Crippen molar-refractivity contribution < 1.29 is 14.3 Å². The van der Waals surface area contributed by atoms with Gasteiger partial charge in [0.05, 0.1) is 23.4 Å². The van der Waals surface area contributed by atoms with Crippen LogP contribution in [0.1, 0.15) is 34.6 Å². The second-order valence-corrected chi connectivity index (χ2v) is 6.23. The Balaban J connectivity index is 1.82. The molecule has 6 nitrogen and oxygen atoms in total. The first-order valence-electron chi connectivity index (χ1n) is 9.49. The molecule has 2 amide bonds. The molecule has 0 aliphatic carbocycles. The molecular formula is C23H23N3O3. The molecule has 1 N–H and O–H groups in total. The highest BCUT2D eigenvalue weighted by Crippen LogP contribution is 2.24. The van der Waals surface area contributed by atoms with Crippen molar-refractivity contribution in [2.24, 2.45) is 0 Å². The Morgan fingerprint density at radius 1 is 0.966 bits per heavy atom. The lowest BCUT2D eigenvalue weighted by atomic mass is 10.1. The Morgan fingerprint density at radius 3 is 2.38 bits per heavy atom. The molecule has 0 saturated heterocycles. The standard InChI is InChI=1S/C23H23N3O3/c1-3-26(19-10-6-5-7-11-19)23(28)18-14-17(15-24-16-18)22(27)25-20-12-8-9-13-21(20)29-4-2/h5-16H,3-4H2,1-2H3,(H,25,27). The number of hydrogen-bond donors (Lipinski definition) is 1. The monoisotopic (exact) mass is 389 g/mol. The molecule has 0 bridgehead atoms. The summed E-state index contributed by atoms with van der Waals surface area (Å²) in [5.41, 5.74) is 2.00. The third kappa shape index (κ3) is 4.79. The molecule has 0 atom stereocenters. The number of hydrogen-bond acceptors (Lipinski definition) is 4. The highest BCUT2D eigenvalue weighted by atomic mass is 16.5. The molecule has 0 unspecified atom stereocenters. The Bertz CT molecular complexity index is 989. The summed E-state index contributed by atoms with van der Waals surface area (Å²) in [5, 5.41) is 2.82. The van der Waals surface area contributed by atoms with Crippen molar-refractivity contribution >= 4 is 23.2 Å². The van der Waals surface area contributed by atoms with E-state index in [2.05, 4.69) is 10.3 Å². The molecule has 6 heteroatoms. The lowest BCUT2D eigenvalue weighted by Gasteiger charge is -2.21. The smallest absolute Gasteiger partial charge is 0.259 e. The number of carbonyl (C=O) groups excluding carboxylic acids is 2. The Kier molecular flexibility index (Phi) is 6.58. The summed E-state index contributed by atoms with van der Waals surface area (Å²) in [5.74, 6) is 0.0161. The third-order valence-corrected chi connectivity index (χ3v) is 4.31. The molecule has 0 aliphatic rings. The average molecular weight is 389 g/mol. The number of pyridine rings is 1. The Morgan fingerprint density at radius 2 is 1.66 bits per heavy atom. The number of nitrogens with zero attached hydrogens (tertiary/aromatic N) is 2. The molecule has 29 heavy (non-hydrogen) atoms. The zero-order valence-electron chi connectivity index (χ0n) is 16.5. The quantitative estimate of drug-likeness (QED) is 0.650. The van der Waals surface area contributed by atoms with Gasteiger partial charge in [-0.05, 0) is 44.2 Å². The number of aromatic nitrogens is 1. The minimum Gasteiger partial charge on any atom is -0.492 e. The summed E-state index contributed by atoms with van der Waals surface area (Å²) in [7, 11) is 0. The van der Waals surface area contributed by atoms with Gasteiger partial charge >= 0.3 is 0 Å². The van der Waals surface area contributed by atoms with E-state index in [1.807, 2.05) is 56.3 Å². The van der Waals surface area contributed by atoms with Crippen LogP contribution in [0.3, 0.4) is 0 Å². The number of nitrogens with one attached hydrogen (secondary N) is 1. The second kappa shape index (κ2) is 9.50. The van der Waals surface area contributed by atoms with Crippen molar-refractivity contribution in [1.82, 2.24) is 4.98 Å². The van der Waals surface area contributed by atoms with Crippen LogP contribution in [-0.4, -0.2) is 29.9 Å². The van der Waals surface area contributed by atoms with Crippen molar-refractivity contribution in [2.75, 3.05) is 23.4 Å². The van der Waals surface area contributed by atoms with Crippen molar-refractivity contribution in [2.45, 2.75) is 13.8 Å². The zero-order chi connectivity index (χ0) is 20.6. The van der Waals surface area contributed by atoms with Gasteiger partial charge in [-0.2, -0.15) is 0 Å². The van der Waals surface area contributed by atoms with Crippen molar-refractivity contribution in [3.05, 3.63) is 84.2 Å². The first-order valence-corrected chi connectivity index (χ1v) is 9.49. The van der Waals surface area contributed by atoms with E-state index in [1.165, 1.54) is 12.4 Å². The fourth-order valence-electron chi connectivity index (χ4n) is 2.93. The summed E-state index contributed by atoms with van der Waals surface area (Å²) in [6, 6.07) is 18.2. The number of benzene rings is 2. The van der Waals surface area contributed by atoms with Crippen LogP contribution in [0.15, 0.2) is 73.1 Å². The number of anilines is 2. The minimum absolute atomic E-state index is 0.212. The SMILES string of the molecule is CCOc1ccccc1NC(=O)c1cncc(C(=O)N(CC)c2ccccc2)c1. The first-order chi connectivity index (χ1) is 14.1. The van der Waals surface area contributed by atoms with Gasteiger partial charge in [-0.1, -0.05) is 30.3 Å². The van der Waals surface area contributed by atoms with Gasteiger partial charge in [-0.3, -0.25) is 14.6 Å². The number of carbonyl (C=O) groups is 2. The fraction of sp³-hybridized carbons (Fsp3) is 0.174. The molecule has 3 rings (SSSR count). The van der Waals surface area contributed by atoms with E-state index in [4.69, 9.17) is 4.74 Å². The Labute approximate surface area is 170 Å². The maximum absolute atomic E-state index is 13.0. The number of ether oxygens (including phenoxy) is 1. The number of rotatable bonds is 7. The van der Waals surface area contributed by atoms with Gasteiger partial charge in [0.25, 0.3) is 11.8 Å². The predicted molar refractivity (Wildman–Crippen MR) is 114 cm³/mol. The summed E-state index contributed by atoms with van der Waals surface area (Å²) in [4.78, 5) is 31.4. The normalized spacial score (nSPS) is 10.3. The van der Waals surface area contributed by atoms with Crippen LogP contribution in [0, 0.1) is 0 Å². The van der Waals surface area contributed by atoms with Gasteiger partial charge < -0.3 is 15.0 Å². The van der Waals surface area contributed by atoms with Crippen LogP contribution >= 0.6 is 0 Å². The maximum atomic E-state index is 13.0. The van der Waals surface area contributed by atoms with Gasteiger partial charge in [0.1, 0.15) is 5.75 Å². The molecule has 0 fully saturated rings. The van der Waals surface area contributed by atoms with E-state index in [0.717, 1.165) is 5.69 Å². The summed E-state index contributed by atoms with van der Waals surface area (Å²) in [6.07, 6.45) is 2.91. The summed E-state index contributed by atoms with van der Waals surface area (Å²) in [6.45, 7) is 4.77. The highest BCUT2D eigenvalue weighted by molar-refractivity contribution is 6.09. The first kappa shape index (κ1) is 20.1. The van der Waals surface area contributed by atoms with Crippen molar-refractivity contribution in [3.63, 3.8) is 0 Å². The fourth-order valence-corrected chi connectivity index (χ4v) is 2.93. The average Bonchev–Trinajstić information content (AvgIpc) is 2.76. The van der Waals surface area contributed by atoms with Crippen molar-refractivity contribution in [3.8, 4) is 5.75 Å². The molecule has 0 radical (unpaired) electrons. The molecule has 148 valence electrons. The summed E-state index contributed by atoms with van der Waals surface area (Å²) >= 11 is 0. The maximum Gasteiger partial charge on any atom is 0.259 e. The van der Waals surface area contributed by atoms with Crippen LogP contribution in [0.25, 0.3) is 0 Å². The van der Waals surface area contributed by atoms with Crippen LogP contribution in [0.2, 0.25) is 0 Å². The molecule has 3 aromatic rings. The topological polar surface area (TPSA) is 71.5 Å². The number of amides is 2. The van der Waals surface area contributed by atoms with Crippen LogP contribution in [-0.2, 0) is 0 Å². The minimum atomic E-state index is -0.359. The Hall–Kier alpha value is -3.67. The van der Waals surface area contributed by atoms with Crippen LogP contribution < -0.4 is 15.0 Å². The van der Waals surface area contributed by atoms with E-state index >= 15 is 0 Å². The van der Waals surface area contributed by atoms with Gasteiger partial charge in [0.2, 0.25) is 0 Å². The number of para-hydroxylation sites is 3. The molecule has 1 heterocycles. The second-order valence-electron chi connectivity index (χ2n) is 6.23. The lowest BCUT2D eigenvalue weighted by Crippen LogP contribution is -2.31. The van der Waals surface area contributed by atoms with Crippen molar-refractivity contribution in [1.29, 1.82) is 0 Å². The van der Waals surface area contributed by atoms with Gasteiger partial charge in [0.15, 0.2) is 0 Å². The highest BCUT2D eigenvalue weighted by Gasteiger charge is 2.18. The van der Waals surface area contributed by atoms with E-state index in [1.54, 1.807) is 23.1 Å². The van der Waals surface area contributed by atoms with Crippen LogP contribution in [0.5, 0.6) is 5.75 Å². The zero-order valence-corrected chi connectivity index (χ0v) is 16.5. The van der Waals surface area contributed by atoms with E-state index in [0.29, 0.717) is 35.7 Å².